The summed E-state index contributed by atoms with van der Waals surface area (Å²) in [5.74, 6) is 0.846. The van der Waals surface area contributed by atoms with Gasteiger partial charge in [0, 0.05) is 0 Å². The number of hydrogen-bond donors (Lipinski definition) is 5. The maximum Gasteiger partial charge on any atom is 0.186 e. The van der Waals surface area contributed by atoms with Crippen molar-refractivity contribution < 1.29 is 35.0 Å². The molecule has 5 N–H and O–H groups in total. The van der Waals surface area contributed by atoms with Gasteiger partial charge in [0.15, 0.2) is 6.29 Å². The lowest BCUT2D eigenvalue weighted by Crippen LogP contribution is -2.60. The molecule has 0 radical (unpaired) electrons. The van der Waals surface area contributed by atoms with E-state index in [0.29, 0.717) is 11.8 Å². The molecule has 0 amide bonds. The Morgan fingerprint density at radius 1 is 1.15 bits per heavy atom. The zero-order valence-electron chi connectivity index (χ0n) is 16.3. The number of hydrogen-bond acceptors (Lipinski definition) is 7. The van der Waals surface area contributed by atoms with E-state index < -0.39 is 37.3 Å². The molecule has 0 bridgehead atoms. The third-order valence-electron chi connectivity index (χ3n) is 6.15. The third-order valence-corrected chi connectivity index (χ3v) is 6.15. The highest BCUT2D eigenvalue weighted by atomic mass is 16.7. The Kier molecular flexibility index (Phi) is 7.46. The van der Waals surface area contributed by atoms with Crippen LogP contribution in [-0.2, 0) is 9.47 Å². The van der Waals surface area contributed by atoms with E-state index in [4.69, 9.17) is 9.47 Å². The molecule has 9 atom stereocenters. The van der Waals surface area contributed by atoms with Crippen LogP contribution in [0.3, 0.4) is 0 Å². The number of aliphatic hydroxyl groups excluding tert-OH is 5. The lowest BCUT2D eigenvalue weighted by atomic mass is 9.61. The maximum absolute atomic E-state index is 10.2. The Balaban J connectivity index is 2.00. The van der Waals surface area contributed by atoms with Gasteiger partial charge in [-0.15, -0.1) is 0 Å². The van der Waals surface area contributed by atoms with E-state index in [1.165, 1.54) is 0 Å². The van der Waals surface area contributed by atoms with Crippen molar-refractivity contribution in [3.63, 3.8) is 0 Å². The summed E-state index contributed by atoms with van der Waals surface area (Å²) < 4.78 is 11.4. The van der Waals surface area contributed by atoms with Gasteiger partial charge < -0.3 is 35.0 Å². The van der Waals surface area contributed by atoms with Crippen molar-refractivity contribution in [3.8, 4) is 0 Å². The Morgan fingerprint density at radius 3 is 2.35 bits per heavy atom. The zero-order chi connectivity index (χ0) is 19.6. The van der Waals surface area contributed by atoms with Crippen LogP contribution >= 0.6 is 0 Å². The van der Waals surface area contributed by atoms with Gasteiger partial charge in [-0.2, -0.15) is 0 Å². The molecule has 26 heavy (non-hydrogen) atoms. The number of ether oxygens (including phenoxy) is 2. The van der Waals surface area contributed by atoms with Crippen LogP contribution in [0, 0.1) is 17.3 Å². The minimum Gasteiger partial charge on any atom is -0.394 e. The molecule has 154 valence electrons. The van der Waals surface area contributed by atoms with E-state index in [2.05, 4.69) is 20.8 Å². The minimum absolute atomic E-state index is 0.00531. The molecular weight excluding hydrogens is 340 g/mol. The largest absolute Gasteiger partial charge is 0.394 e. The quantitative estimate of drug-likeness (QED) is 0.455. The molecule has 1 aliphatic carbocycles. The van der Waals surface area contributed by atoms with Gasteiger partial charge in [-0.3, -0.25) is 0 Å². The molecule has 7 heteroatoms. The van der Waals surface area contributed by atoms with Crippen molar-refractivity contribution >= 4 is 0 Å². The lowest BCUT2D eigenvalue weighted by Gasteiger charge is -2.48. The van der Waals surface area contributed by atoms with Crippen molar-refractivity contribution in [3.05, 3.63) is 0 Å². The normalized spacial score (nSPS) is 44.7. The maximum atomic E-state index is 10.2. The predicted molar refractivity (Wildman–Crippen MR) is 95.2 cm³/mol. The van der Waals surface area contributed by atoms with Gasteiger partial charge in [0.25, 0.3) is 0 Å². The van der Waals surface area contributed by atoms with Crippen LogP contribution in [-0.4, -0.2) is 75.1 Å². The molecule has 2 rings (SSSR count). The van der Waals surface area contributed by atoms with E-state index in [0.717, 1.165) is 25.7 Å². The van der Waals surface area contributed by atoms with E-state index >= 15 is 0 Å². The Bertz CT molecular complexity index is 440. The molecule has 7 nitrogen and oxygen atoms in total. The SMILES string of the molecule is C[C@@H]1C[C@H](O[C@H]2O[C@H](CO)[C@@H](O)[C@H](O)[C@H]2O)CC(C)(C)[C@H]1CC[C@@H](C)O. The first-order chi connectivity index (χ1) is 12.1. The molecule has 0 aromatic carbocycles. The molecule has 1 saturated heterocycles. The van der Waals surface area contributed by atoms with Crippen LogP contribution in [0.1, 0.15) is 53.4 Å². The number of aliphatic hydroxyl groups is 5. The number of rotatable bonds is 6. The first-order valence-electron chi connectivity index (χ1n) is 9.70. The monoisotopic (exact) mass is 376 g/mol. The Hall–Kier alpha value is -0.280. The summed E-state index contributed by atoms with van der Waals surface area (Å²) in [5.41, 5.74) is 0.00531. The van der Waals surface area contributed by atoms with Gasteiger partial charge in [0.2, 0.25) is 0 Å². The topological polar surface area (TPSA) is 120 Å². The highest BCUT2D eigenvalue weighted by Crippen LogP contribution is 2.47. The second kappa shape index (κ2) is 8.82. The highest BCUT2D eigenvalue weighted by molar-refractivity contribution is 4.93. The van der Waals surface area contributed by atoms with E-state index in [9.17, 15) is 25.5 Å². The van der Waals surface area contributed by atoms with Gasteiger partial charge in [-0.05, 0) is 49.9 Å². The van der Waals surface area contributed by atoms with Gasteiger partial charge in [-0.1, -0.05) is 20.8 Å². The average Bonchev–Trinajstić information content (AvgIpc) is 2.53. The molecule has 0 spiro atoms. The summed E-state index contributed by atoms with van der Waals surface area (Å²) in [6.07, 6.45) is -3.34. The van der Waals surface area contributed by atoms with Crippen LogP contribution < -0.4 is 0 Å². The van der Waals surface area contributed by atoms with Crippen molar-refractivity contribution in [2.24, 2.45) is 17.3 Å². The van der Waals surface area contributed by atoms with Crippen LogP contribution in [0.15, 0.2) is 0 Å². The molecule has 1 saturated carbocycles. The first-order valence-corrected chi connectivity index (χ1v) is 9.70. The zero-order valence-corrected chi connectivity index (χ0v) is 16.3. The van der Waals surface area contributed by atoms with Crippen molar-refractivity contribution in [1.29, 1.82) is 0 Å². The lowest BCUT2D eigenvalue weighted by molar-refractivity contribution is -0.316. The standard InChI is InChI=1S/C19H36O7/c1-10-7-12(8-19(3,4)13(10)6-5-11(2)21)25-18-17(24)16(23)15(22)14(9-20)26-18/h10-18,20-24H,5-9H2,1-4H3/t10-,11-,12+,13+,14-,15-,16+,17-,18+/m1/s1. The fourth-order valence-corrected chi connectivity index (χ4v) is 4.74. The van der Waals surface area contributed by atoms with Crippen molar-refractivity contribution in [2.45, 2.75) is 96.3 Å². The second-order valence-electron chi connectivity index (χ2n) is 8.89. The molecule has 0 aromatic rings. The van der Waals surface area contributed by atoms with E-state index in [1.54, 1.807) is 0 Å². The Morgan fingerprint density at radius 2 is 1.81 bits per heavy atom. The molecule has 1 aliphatic heterocycles. The minimum atomic E-state index is -1.42. The summed E-state index contributed by atoms with van der Waals surface area (Å²) in [6, 6.07) is 0. The average molecular weight is 376 g/mol. The second-order valence-corrected chi connectivity index (χ2v) is 8.89. The van der Waals surface area contributed by atoms with Gasteiger partial charge in [0.1, 0.15) is 24.4 Å². The molecular formula is C19H36O7. The Labute approximate surface area is 155 Å². The van der Waals surface area contributed by atoms with Gasteiger partial charge >= 0.3 is 0 Å². The fraction of sp³-hybridized carbons (Fsp3) is 1.00. The van der Waals surface area contributed by atoms with Crippen LogP contribution in [0.25, 0.3) is 0 Å². The van der Waals surface area contributed by atoms with Crippen LogP contribution in [0.2, 0.25) is 0 Å². The van der Waals surface area contributed by atoms with E-state index in [1.807, 2.05) is 6.92 Å². The van der Waals surface area contributed by atoms with Gasteiger partial charge in [-0.25, -0.2) is 0 Å². The van der Waals surface area contributed by atoms with Crippen LogP contribution in [0.5, 0.6) is 0 Å². The summed E-state index contributed by atoms with van der Waals surface area (Å²) in [5, 5.41) is 48.9. The summed E-state index contributed by atoms with van der Waals surface area (Å²) in [7, 11) is 0. The van der Waals surface area contributed by atoms with Crippen molar-refractivity contribution in [2.75, 3.05) is 6.61 Å². The summed E-state index contributed by atoms with van der Waals surface area (Å²) in [6.45, 7) is 7.92. The predicted octanol–water partition coefficient (Wildman–Crippen LogP) is 0.405. The molecule has 0 aromatic heterocycles. The highest BCUT2D eigenvalue weighted by Gasteiger charge is 2.47. The third kappa shape index (κ3) is 4.95. The smallest absolute Gasteiger partial charge is 0.186 e. The molecule has 0 unspecified atom stereocenters. The first kappa shape index (κ1) is 22.0. The molecule has 1 heterocycles. The summed E-state index contributed by atoms with van der Waals surface area (Å²) >= 11 is 0. The van der Waals surface area contributed by atoms with Crippen LogP contribution in [0.4, 0.5) is 0 Å². The van der Waals surface area contributed by atoms with E-state index in [-0.39, 0.29) is 17.6 Å². The summed E-state index contributed by atoms with van der Waals surface area (Å²) in [4.78, 5) is 0. The van der Waals surface area contributed by atoms with Crippen molar-refractivity contribution in [1.82, 2.24) is 0 Å². The molecule has 2 fully saturated rings. The fourth-order valence-electron chi connectivity index (χ4n) is 4.74. The molecule has 2 aliphatic rings. The van der Waals surface area contributed by atoms with Gasteiger partial charge in [0.05, 0.1) is 18.8 Å².